The Kier molecular flexibility index (Phi) is 8.25. The van der Waals surface area contributed by atoms with Gasteiger partial charge in [0.1, 0.15) is 12.6 Å². The monoisotopic (exact) mass is 217 g/mol. The molecule has 0 aromatic carbocycles. The zero-order valence-electron chi connectivity index (χ0n) is 8.47. The zero-order valence-corrected chi connectivity index (χ0v) is 8.47. The van der Waals surface area contributed by atoms with E-state index in [1.807, 2.05) is 0 Å². The number of hydrogen-bond acceptors (Lipinski definition) is 6. The number of H-pyrrole nitrogens is 1. The van der Waals surface area contributed by atoms with Gasteiger partial charge in [0, 0.05) is 13.3 Å². The Morgan fingerprint density at radius 1 is 1.47 bits per heavy atom. The van der Waals surface area contributed by atoms with E-state index < -0.39 is 5.69 Å². The third-order valence-electron chi connectivity index (χ3n) is 1.24. The molecule has 0 unspecified atom stereocenters. The maximum Gasteiger partial charge on any atom is 0.346 e. The summed E-state index contributed by atoms with van der Waals surface area (Å²) in [7, 11) is 1.00. The smallest absolute Gasteiger partial charge is 0.346 e. The molecule has 0 atom stereocenters. The van der Waals surface area contributed by atoms with E-state index in [2.05, 4.69) is 9.97 Å². The molecule has 0 saturated carbocycles. The van der Waals surface area contributed by atoms with E-state index in [0.29, 0.717) is 12.6 Å². The van der Waals surface area contributed by atoms with Crippen molar-refractivity contribution < 1.29 is 14.6 Å². The van der Waals surface area contributed by atoms with Crippen LogP contribution in [-0.2, 0) is 9.47 Å². The van der Waals surface area contributed by atoms with Crippen LogP contribution in [0.2, 0.25) is 0 Å². The Morgan fingerprint density at radius 3 is 2.33 bits per heavy atom. The average molecular weight is 217 g/mol. The van der Waals surface area contributed by atoms with E-state index in [0.717, 1.165) is 20.3 Å². The first-order valence-corrected chi connectivity index (χ1v) is 4.20. The largest absolute Gasteiger partial charge is 0.400 e. The summed E-state index contributed by atoms with van der Waals surface area (Å²) in [6.45, 7) is 2.06. The van der Waals surface area contributed by atoms with Gasteiger partial charge in [0.05, 0.1) is 13.2 Å². The number of nitrogens with two attached hydrogens (primary N) is 1. The Morgan fingerprint density at radius 2 is 2.07 bits per heavy atom. The first kappa shape index (κ1) is 13.6. The maximum absolute atomic E-state index is 10.2. The lowest BCUT2D eigenvalue weighted by atomic mass is 10.6. The molecule has 1 aliphatic rings. The fourth-order valence-electron chi connectivity index (χ4n) is 0.677. The average Bonchev–Trinajstić information content (AvgIpc) is 2.78. The summed E-state index contributed by atoms with van der Waals surface area (Å²) in [5.41, 5.74) is 4.75. The number of ether oxygens (including phenoxy) is 2. The number of nitrogen functional groups attached to an aromatic ring is 1. The number of hydrogen-bond donors (Lipinski definition) is 3. The molecule has 0 aliphatic carbocycles. The molecule has 1 aromatic heterocycles. The van der Waals surface area contributed by atoms with Gasteiger partial charge in [-0.25, -0.2) is 9.78 Å². The first-order chi connectivity index (χ1) is 7.29. The number of aromatic amines is 1. The second kappa shape index (κ2) is 9.13. The van der Waals surface area contributed by atoms with E-state index in [4.69, 9.17) is 20.3 Å². The predicted octanol–water partition coefficient (Wildman–Crippen LogP) is -1.05. The van der Waals surface area contributed by atoms with Gasteiger partial charge in [-0.15, -0.1) is 0 Å². The van der Waals surface area contributed by atoms with E-state index >= 15 is 0 Å². The number of aliphatic hydroxyl groups is 1. The van der Waals surface area contributed by atoms with Crippen LogP contribution in [0, 0.1) is 0 Å². The minimum Gasteiger partial charge on any atom is -0.400 e. The highest BCUT2D eigenvalue weighted by atomic mass is 16.7. The standard InChI is InChI=1S/C4H5N3O.C3H6O2.CH4O/c5-3-1-2-6-4(8)7-3;1-2-5-3-4-1;1-2/h1-2H,(H3,5,6,7,8);1-3H2;2H,1H3. The van der Waals surface area contributed by atoms with E-state index in [9.17, 15) is 4.79 Å². The molecule has 2 heterocycles. The van der Waals surface area contributed by atoms with Gasteiger partial charge in [-0.3, -0.25) is 4.98 Å². The van der Waals surface area contributed by atoms with Crippen molar-refractivity contribution in [2.45, 2.75) is 0 Å². The third-order valence-corrected chi connectivity index (χ3v) is 1.24. The van der Waals surface area contributed by atoms with Gasteiger partial charge in [-0.1, -0.05) is 0 Å². The lowest BCUT2D eigenvalue weighted by molar-refractivity contribution is 0.0692. The Bertz CT molecular complexity index is 290. The molecule has 0 radical (unpaired) electrons. The molecule has 1 saturated heterocycles. The number of nitrogens with zero attached hydrogens (tertiary/aromatic N) is 1. The van der Waals surface area contributed by atoms with Crippen LogP contribution in [0.15, 0.2) is 17.1 Å². The van der Waals surface area contributed by atoms with Gasteiger partial charge in [0.15, 0.2) is 0 Å². The summed E-state index contributed by atoms with van der Waals surface area (Å²) in [6, 6.07) is 1.52. The summed E-state index contributed by atoms with van der Waals surface area (Å²) >= 11 is 0. The molecular formula is C8H15N3O4. The number of anilines is 1. The minimum atomic E-state index is -0.412. The Balaban J connectivity index is 0.000000241. The molecule has 7 nitrogen and oxygen atoms in total. The predicted molar refractivity (Wildman–Crippen MR) is 54.2 cm³/mol. The van der Waals surface area contributed by atoms with Crippen molar-refractivity contribution >= 4 is 5.82 Å². The van der Waals surface area contributed by atoms with Gasteiger partial charge < -0.3 is 20.3 Å². The van der Waals surface area contributed by atoms with Gasteiger partial charge in [-0.05, 0) is 6.07 Å². The second-order valence-corrected chi connectivity index (χ2v) is 2.26. The van der Waals surface area contributed by atoms with Crippen molar-refractivity contribution in [2.75, 3.05) is 32.9 Å². The zero-order chi connectivity index (χ0) is 11.5. The highest BCUT2D eigenvalue weighted by Gasteiger charge is 1.93. The van der Waals surface area contributed by atoms with Crippen molar-refractivity contribution in [3.63, 3.8) is 0 Å². The summed E-state index contributed by atoms with van der Waals surface area (Å²) in [6.07, 6.45) is 1.36. The van der Waals surface area contributed by atoms with Crippen LogP contribution >= 0.6 is 0 Å². The summed E-state index contributed by atoms with van der Waals surface area (Å²) < 4.78 is 9.44. The van der Waals surface area contributed by atoms with Crippen molar-refractivity contribution in [1.29, 1.82) is 0 Å². The lowest BCUT2D eigenvalue weighted by Crippen LogP contribution is -2.10. The quantitative estimate of drug-likeness (QED) is 0.511. The Labute approximate surface area is 86.9 Å². The molecule has 4 N–H and O–H groups in total. The summed E-state index contributed by atoms with van der Waals surface area (Å²) in [5, 5.41) is 7.00. The first-order valence-electron chi connectivity index (χ1n) is 4.20. The van der Waals surface area contributed by atoms with Gasteiger partial charge in [0.2, 0.25) is 0 Å². The van der Waals surface area contributed by atoms with Gasteiger partial charge in [0.25, 0.3) is 0 Å². The van der Waals surface area contributed by atoms with Crippen LogP contribution in [0.1, 0.15) is 0 Å². The molecule has 7 heteroatoms. The number of aromatic nitrogens is 2. The van der Waals surface area contributed by atoms with Crippen molar-refractivity contribution in [1.82, 2.24) is 9.97 Å². The highest BCUT2D eigenvalue weighted by Crippen LogP contribution is 1.85. The van der Waals surface area contributed by atoms with Crippen LogP contribution in [0.3, 0.4) is 0 Å². The molecule has 0 bridgehead atoms. The fraction of sp³-hybridized carbons (Fsp3) is 0.500. The maximum atomic E-state index is 10.2. The van der Waals surface area contributed by atoms with E-state index in [-0.39, 0.29) is 0 Å². The minimum absolute atomic E-state index is 0.338. The van der Waals surface area contributed by atoms with Crippen LogP contribution in [0.25, 0.3) is 0 Å². The van der Waals surface area contributed by atoms with Crippen molar-refractivity contribution in [3.05, 3.63) is 22.7 Å². The van der Waals surface area contributed by atoms with Gasteiger partial charge in [-0.2, -0.15) is 0 Å². The number of aliphatic hydroxyl groups excluding tert-OH is 1. The van der Waals surface area contributed by atoms with Crippen molar-refractivity contribution in [2.24, 2.45) is 0 Å². The summed E-state index contributed by atoms with van der Waals surface area (Å²) in [4.78, 5) is 15.9. The third kappa shape index (κ3) is 7.62. The van der Waals surface area contributed by atoms with E-state index in [1.165, 1.54) is 12.3 Å². The van der Waals surface area contributed by atoms with Crippen LogP contribution in [0.5, 0.6) is 0 Å². The Hall–Kier alpha value is -1.44. The molecule has 15 heavy (non-hydrogen) atoms. The lowest BCUT2D eigenvalue weighted by Gasteiger charge is -1.84. The topological polar surface area (TPSA) is 110 Å². The number of rotatable bonds is 0. The molecular weight excluding hydrogens is 202 g/mol. The fourth-order valence-corrected chi connectivity index (χ4v) is 0.677. The molecule has 0 amide bonds. The van der Waals surface area contributed by atoms with Crippen LogP contribution < -0.4 is 11.4 Å². The highest BCUT2D eigenvalue weighted by molar-refractivity contribution is 5.22. The molecule has 86 valence electrons. The molecule has 0 spiro atoms. The molecule has 1 aromatic rings. The molecule has 1 fully saturated rings. The van der Waals surface area contributed by atoms with Crippen molar-refractivity contribution in [3.8, 4) is 0 Å². The van der Waals surface area contributed by atoms with Crippen LogP contribution in [-0.4, -0.2) is 42.2 Å². The normalized spacial score (nSPS) is 13.2. The van der Waals surface area contributed by atoms with Crippen LogP contribution in [0.4, 0.5) is 5.82 Å². The van der Waals surface area contributed by atoms with Gasteiger partial charge >= 0.3 is 5.69 Å². The SMILES string of the molecule is C1COCO1.CO.Nc1ccnc(=O)[nH]1. The second-order valence-electron chi connectivity index (χ2n) is 2.26. The summed E-state index contributed by atoms with van der Waals surface area (Å²) in [5.74, 6) is 0.338. The number of nitrogens with one attached hydrogen (secondary N) is 1. The molecule has 1 aliphatic heterocycles. The molecule has 2 rings (SSSR count). The van der Waals surface area contributed by atoms with E-state index in [1.54, 1.807) is 0 Å².